The molecular weight excluding hydrogens is 380 g/mol. The molecule has 0 saturated carbocycles. The number of amides is 1. The van der Waals surface area contributed by atoms with E-state index in [2.05, 4.69) is 5.32 Å². The van der Waals surface area contributed by atoms with Crippen LogP contribution in [0.4, 0.5) is 5.69 Å². The minimum absolute atomic E-state index is 0. The van der Waals surface area contributed by atoms with Crippen LogP contribution in [0.2, 0.25) is 0 Å². The van der Waals surface area contributed by atoms with Gasteiger partial charge in [0.25, 0.3) is 0 Å². The number of rotatable bonds is 3. The van der Waals surface area contributed by atoms with Gasteiger partial charge in [-0.2, -0.15) is 0 Å². The number of nitrogens with one attached hydrogen (secondary N) is 1. The fourth-order valence-corrected chi connectivity index (χ4v) is 3.43. The van der Waals surface area contributed by atoms with Crippen molar-refractivity contribution in [3.63, 3.8) is 0 Å². The summed E-state index contributed by atoms with van der Waals surface area (Å²) < 4.78 is 67.9. The van der Waals surface area contributed by atoms with Gasteiger partial charge in [-0.3, -0.25) is 4.79 Å². The van der Waals surface area contributed by atoms with Crippen LogP contribution in [0.5, 0.6) is 0 Å². The molecule has 2 aromatic rings. The largest absolute Gasteiger partial charge is 1.00 e. The Balaban J connectivity index is 0.00000264. The van der Waals surface area contributed by atoms with Gasteiger partial charge in [0.1, 0.15) is 20.2 Å². The van der Waals surface area contributed by atoms with E-state index in [0.29, 0.717) is 0 Å². The van der Waals surface area contributed by atoms with Crippen molar-refractivity contribution in [3.05, 3.63) is 30.3 Å². The number of carbonyl (C=O) groups is 1. The number of carbonyl (C=O) groups excluding carboxylic acids is 1. The summed E-state index contributed by atoms with van der Waals surface area (Å²) in [5.41, 5.74) is -0.106. The average Bonchev–Trinajstić information content (AvgIpc) is 2.34. The second kappa shape index (κ2) is 8.58. The molecule has 0 saturated heterocycles. The van der Waals surface area contributed by atoms with Crippen LogP contribution in [0.15, 0.2) is 40.1 Å². The summed E-state index contributed by atoms with van der Waals surface area (Å²) in [7, 11) is -9.84. The Labute approximate surface area is 183 Å². The molecule has 0 bridgehead atoms. The minimum Gasteiger partial charge on any atom is -0.744 e. The summed E-state index contributed by atoms with van der Waals surface area (Å²) in [5, 5.41) is 1.79. The first-order chi connectivity index (χ1) is 10.00. The molecule has 24 heavy (non-hydrogen) atoms. The maximum atomic E-state index is 11.4. The van der Waals surface area contributed by atoms with Gasteiger partial charge in [-0.15, -0.1) is 0 Å². The average molecular weight is 389 g/mol. The van der Waals surface area contributed by atoms with E-state index in [1.54, 1.807) is 0 Å². The third kappa shape index (κ3) is 5.49. The molecule has 0 fully saturated rings. The smallest absolute Gasteiger partial charge is 0.744 e. The normalized spacial score (nSPS) is 11.3. The molecule has 12 heteroatoms. The second-order valence-corrected chi connectivity index (χ2v) is 7.11. The second-order valence-electron chi connectivity index (χ2n) is 4.42. The van der Waals surface area contributed by atoms with Gasteiger partial charge in [0.15, 0.2) is 0 Å². The van der Waals surface area contributed by atoms with E-state index in [9.17, 15) is 30.7 Å². The fourth-order valence-electron chi connectivity index (χ4n) is 2.02. The van der Waals surface area contributed by atoms with Gasteiger partial charge in [0, 0.05) is 23.4 Å². The van der Waals surface area contributed by atoms with Crippen molar-refractivity contribution in [3.8, 4) is 0 Å². The van der Waals surface area contributed by atoms with Crippen LogP contribution in [-0.2, 0) is 25.0 Å². The van der Waals surface area contributed by atoms with Crippen molar-refractivity contribution in [2.45, 2.75) is 16.7 Å². The van der Waals surface area contributed by atoms with Crippen molar-refractivity contribution in [2.24, 2.45) is 0 Å². The third-order valence-electron chi connectivity index (χ3n) is 2.78. The van der Waals surface area contributed by atoms with Crippen molar-refractivity contribution < 1.29 is 89.9 Å². The Bertz CT molecular complexity index is 988. The van der Waals surface area contributed by atoms with Crippen LogP contribution in [0.25, 0.3) is 10.8 Å². The van der Waals surface area contributed by atoms with Crippen molar-refractivity contribution in [2.75, 3.05) is 5.32 Å². The number of hydrogen-bond acceptors (Lipinski definition) is 7. The quantitative estimate of drug-likeness (QED) is 0.408. The number of hydrogen-bond donors (Lipinski definition) is 1. The molecule has 0 aliphatic heterocycles. The minimum atomic E-state index is -4.95. The van der Waals surface area contributed by atoms with Crippen LogP contribution in [0.3, 0.4) is 0 Å². The van der Waals surface area contributed by atoms with E-state index in [1.807, 2.05) is 0 Å². The van der Waals surface area contributed by atoms with Crippen LogP contribution in [0, 0.1) is 0 Å². The molecule has 1 amide bonds. The molecule has 0 unspecified atom stereocenters. The molecular formula is C12H9NNa2O7S2. The zero-order valence-electron chi connectivity index (χ0n) is 13.1. The first-order valence-corrected chi connectivity index (χ1v) is 8.58. The first-order valence-electron chi connectivity index (χ1n) is 5.76. The van der Waals surface area contributed by atoms with Gasteiger partial charge >= 0.3 is 59.1 Å². The van der Waals surface area contributed by atoms with Crippen molar-refractivity contribution in [1.82, 2.24) is 0 Å². The zero-order valence-corrected chi connectivity index (χ0v) is 18.7. The van der Waals surface area contributed by atoms with E-state index in [1.165, 1.54) is 6.07 Å². The van der Waals surface area contributed by atoms with Gasteiger partial charge in [-0.05, 0) is 18.2 Å². The molecule has 0 aliphatic rings. The van der Waals surface area contributed by atoms with Crippen molar-refractivity contribution >= 4 is 42.6 Å². The monoisotopic (exact) mass is 389 g/mol. The molecule has 0 heterocycles. The molecule has 2 rings (SSSR count). The predicted octanol–water partition coefficient (Wildman–Crippen LogP) is -5.39. The molecule has 0 aromatic heterocycles. The van der Waals surface area contributed by atoms with E-state index in [4.69, 9.17) is 0 Å². The van der Waals surface area contributed by atoms with Gasteiger partial charge < -0.3 is 14.4 Å². The molecule has 0 spiro atoms. The first kappa shape index (κ1) is 24.0. The molecule has 2 aromatic carbocycles. The molecule has 118 valence electrons. The zero-order chi connectivity index (χ0) is 16.7. The topological polar surface area (TPSA) is 144 Å². The molecule has 1 N–H and O–H groups in total. The van der Waals surface area contributed by atoms with Gasteiger partial charge in [-0.1, -0.05) is 12.1 Å². The van der Waals surface area contributed by atoms with Crippen LogP contribution in [0.1, 0.15) is 6.92 Å². The van der Waals surface area contributed by atoms with Crippen LogP contribution >= 0.6 is 0 Å². The Morgan fingerprint density at radius 3 is 1.92 bits per heavy atom. The Kier molecular flexibility index (Phi) is 8.58. The summed E-state index contributed by atoms with van der Waals surface area (Å²) in [5.74, 6) is -0.559. The van der Waals surface area contributed by atoms with Crippen LogP contribution < -0.4 is 64.4 Å². The summed E-state index contributed by atoms with van der Waals surface area (Å²) in [6.07, 6.45) is 0. The number of benzene rings is 2. The SMILES string of the molecule is CC(=O)Nc1cc(S(=O)(=O)[O-])c2cccc(S(=O)(=O)[O-])c2c1.[Na+].[Na+]. The summed E-state index contributed by atoms with van der Waals surface area (Å²) >= 11 is 0. The standard InChI is InChI=1S/C12H11NO7S2.2Na/c1-7(14)13-8-5-10-9(12(6-8)22(18,19)20)3-2-4-11(10)21(15,16)17;;/h2-6H,1H3,(H,13,14)(H,15,16,17)(H,18,19,20);;/q;2*+1/p-2. The molecule has 0 atom stereocenters. The molecule has 0 radical (unpaired) electrons. The van der Waals surface area contributed by atoms with E-state index >= 15 is 0 Å². The predicted molar refractivity (Wildman–Crippen MR) is 74.2 cm³/mol. The maximum Gasteiger partial charge on any atom is 1.00 e. The van der Waals surface area contributed by atoms with Crippen LogP contribution in [-0.4, -0.2) is 31.8 Å². The van der Waals surface area contributed by atoms with Gasteiger partial charge in [-0.25, -0.2) is 16.8 Å². The maximum absolute atomic E-state index is 11.4. The summed E-state index contributed by atoms with van der Waals surface area (Å²) in [6.45, 7) is 1.14. The van der Waals surface area contributed by atoms with Gasteiger partial charge in [0.05, 0.1) is 9.79 Å². The fraction of sp³-hybridized carbons (Fsp3) is 0.0833. The molecule has 0 aliphatic carbocycles. The number of anilines is 1. The summed E-state index contributed by atoms with van der Waals surface area (Å²) in [6, 6.07) is 5.37. The Morgan fingerprint density at radius 1 is 0.917 bits per heavy atom. The van der Waals surface area contributed by atoms with Gasteiger partial charge in [0.2, 0.25) is 5.91 Å². The molecule has 8 nitrogen and oxygen atoms in total. The Morgan fingerprint density at radius 2 is 1.46 bits per heavy atom. The van der Waals surface area contributed by atoms with E-state index < -0.39 is 35.9 Å². The van der Waals surface area contributed by atoms with Crippen molar-refractivity contribution in [1.29, 1.82) is 0 Å². The number of fused-ring (bicyclic) bond motifs is 1. The third-order valence-corrected chi connectivity index (χ3v) is 4.55. The Hall–Kier alpha value is -0.01000. The van der Waals surface area contributed by atoms with E-state index in [0.717, 1.165) is 31.2 Å². The van der Waals surface area contributed by atoms with E-state index in [-0.39, 0.29) is 75.6 Å². The summed E-state index contributed by atoms with van der Waals surface area (Å²) in [4.78, 5) is 9.67.